The molecule has 0 amide bonds. The van der Waals surface area contributed by atoms with Crippen LogP contribution in [0.25, 0.3) is 132 Å². The van der Waals surface area contributed by atoms with E-state index in [0.29, 0.717) is 0 Å². The molecular weight excluding hydrogens is 1320 g/mol. The predicted molar refractivity (Wildman–Crippen MR) is 465 cm³/mol. The van der Waals surface area contributed by atoms with Crippen LogP contribution in [-0.4, -0.2) is 25.0 Å². The van der Waals surface area contributed by atoms with E-state index in [0.717, 1.165) is 67.6 Å². The molecule has 522 valence electrons. The van der Waals surface area contributed by atoms with Crippen molar-refractivity contribution in [1.82, 2.24) is 18.3 Å². The number of anilines is 6. The molecule has 4 aromatic heterocycles. The number of fused-ring (bicyclic) bond motifs is 16. The summed E-state index contributed by atoms with van der Waals surface area (Å²) in [5.41, 5.74) is 32.3. The second kappa shape index (κ2) is 23.8. The zero-order chi connectivity index (χ0) is 73.5. The van der Waals surface area contributed by atoms with Crippen molar-refractivity contribution in [3.8, 4) is 45.0 Å². The molecule has 2 aliphatic heterocycles. The minimum Gasteiger partial charge on any atom is -0.311 e. The fourth-order valence-electron chi connectivity index (χ4n) is 18.4. The third-order valence-electron chi connectivity index (χ3n) is 23.8. The van der Waals surface area contributed by atoms with E-state index in [-0.39, 0.29) is 23.0 Å². The second-order valence-corrected chi connectivity index (χ2v) is 33.3. The maximum absolute atomic E-state index is 2.68. The van der Waals surface area contributed by atoms with Gasteiger partial charge in [-0.15, -0.1) is 0 Å². The third kappa shape index (κ3) is 9.88. The molecule has 15 aromatic carbocycles. The van der Waals surface area contributed by atoms with Crippen molar-refractivity contribution in [2.75, 3.05) is 9.80 Å². The number of para-hydroxylation sites is 6. The molecule has 2 aliphatic rings. The van der Waals surface area contributed by atoms with E-state index in [1.54, 1.807) is 0 Å². The van der Waals surface area contributed by atoms with E-state index < -0.39 is 0 Å². The van der Waals surface area contributed by atoms with Crippen molar-refractivity contribution in [2.24, 2.45) is 0 Å². The second-order valence-electron chi connectivity index (χ2n) is 33.3. The van der Waals surface area contributed by atoms with Crippen molar-refractivity contribution in [3.05, 3.63) is 344 Å². The summed E-state index contributed by atoms with van der Waals surface area (Å²) in [7, 11) is 0. The number of hydrogen-bond donors (Lipinski definition) is 0. The summed E-state index contributed by atoms with van der Waals surface area (Å²) in [6, 6.07) is 125. The Morgan fingerprint density at radius 1 is 0.211 bits per heavy atom. The smallest absolute Gasteiger partial charge is 0.252 e. The maximum atomic E-state index is 2.68. The highest BCUT2D eigenvalue weighted by atomic mass is 15.2. The predicted octanol–water partition coefficient (Wildman–Crippen LogP) is 25.4. The molecule has 6 heterocycles. The van der Waals surface area contributed by atoms with Crippen LogP contribution in [0.1, 0.15) is 79.0 Å². The van der Waals surface area contributed by atoms with Crippen molar-refractivity contribution < 1.29 is 0 Å². The quantitative estimate of drug-likeness (QED) is 0.142. The molecule has 21 rings (SSSR count). The Hall–Kier alpha value is -12.8. The summed E-state index contributed by atoms with van der Waals surface area (Å²) < 4.78 is 10.0. The third-order valence-corrected chi connectivity index (χ3v) is 23.8. The molecule has 0 atom stereocenters. The lowest BCUT2D eigenvalue weighted by atomic mass is 9.33. The van der Waals surface area contributed by atoms with Gasteiger partial charge in [0, 0.05) is 99.7 Å². The molecular formula is C102H81BN6. The number of hydrogen-bond acceptors (Lipinski definition) is 2. The molecule has 0 aliphatic carbocycles. The summed E-state index contributed by atoms with van der Waals surface area (Å²) in [5.74, 6) is 0. The number of rotatable bonds is 8. The minimum absolute atomic E-state index is 0.130. The summed E-state index contributed by atoms with van der Waals surface area (Å²) in [5, 5.41) is 9.81. The van der Waals surface area contributed by atoms with Gasteiger partial charge in [-0.25, -0.2) is 0 Å². The number of nitrogens with zero attached hydrogens (tertiary/aromatic N) is 6. The largest absolute Gasteiger partial charge is 0.311 e. The van der Waals surface area contributed by atoms with Crippen LogP contribution in [-0.2, 0) is 16.2 Å². The fourth-order valence-corrected chi connectivity index (χ4v) is 18.4. The zero-order valence-corrected chi connectivity index (χ0v) is 62.9. The molecule has 0 unspecified atom stereocenters. The van der Waals surface area contributed by atoms with Gasteiger partial charge in [0.25, 0.3) is 6.71 Å². The molecule has 0 bridgehead atoms. The SMILES string of the molecule is CC(C)(C)c1ccc(N2c3cc(-n4c5ccccc5c5cc6c7ccccc7n(-c7ccccc7)c6cc54)ccc3B3c4ccc(-n5c6ccccc6c6cc7c8ccccc8n(-c8ccccc8)c7cc65)cc4N(c4ccc(C(C)(C)C)cc4-c4ccccc4)c4cc(C(C)(C)C)cc2c43)c(-c2ccccc2)c1. The molecule has 0 radical (unpaired) electrons. The van der Waals surface area contributed by atoms with E-state index in [1.165, 1.54) is 132 Å². The van der Waals surface area contributed by atoms with Gasteiger partial charge in [0.1, 0.15) is 0 Å². The van der Waals surface area contributed by atoms with Crippen LogP contribution in [0.4, 0.5) is 34.1 Å². The monoisotopic (exact) mass is 1400 g/mol. The highest BCUT2D eigenvalue weighted by molar-refractivity contribution is 7.00. The number of benzene rings is 15. The molecule has 0 saturated carbocycles. The highest BCUT2D eigenvalue weighted by Crippen LogP contribution is 2.53. The van der Waals surface area contributed by atoms with E-state index in [9.17, 15) is 0 Å². The van der Waals surface area contributed by atoms with Gasteiger partial charge >= 0.3 is 0 Å². The van der Waals surface area contributed by atoms with Gasteiger partial charge in [0.2, 0.25) is 0 Å². The van der Waals surface area contributed by atoms with Gasteiger partial charge in [-0.1, -0.05) is 256 Å². The number of aromatic nitrogens is 4. The Morgan fingerprint density at radius 3 is 0.862 bits per heavy atom. The van der Waals surface area contributed by atoms with Crippen molar-refractivity contribution in [1.29, 1.82) is 0 Å². The maximum Gasteiger partial charge on any atom is 0.252 e. The summed E-state index contributed by atoms with van der Waals surface area (Å²) in [4.78, 5) is 5.37. The van der Waals surface area contributed by atoms with E-state index >= 15 is 0 Å². The van der Waals surface area contributed by atoms with Gasteiger partial charge in [0.15, 0.2) is 0 Å². The standard InChI is InChI=1S/C102H81BN6/c1-100(2,3)66-46-52-89(77(54-66)64-30-14-10-15-31-64)108-95-58-71(106-87-44-28-24-40-75(87)81-60-79-73-38-22-26-42-85(73)104(91(79)62-93(81)106)69-34-18-12-19-35-69)48-50-83(95)103-84-51-49-72(107-88-45-29-25-41-76(88)82-61-80-74-39-23-27-43-86(74)105(92(80)63-94(82)107)70-36-20-13-21-37-70)59-96(84)109(98-57-68(102(7,8)9)56-97(108)99(98)103)90-53-47-67(101(4,5)6)55-78(90)65-32-16-11-17-33-65/h10-63H,1-9H3. The van der Waals surface area contributed by atoms with Gasteiger partial charge < -0.3 is 28.1 Å². The van der Waals surface area contributed by atoms with Crippen LogP contribution in [0.15, 0.2) is 328 Å². The van der Waals surface area contributed by atoms with Crippen LogP contribution in [0.2, 0.25) is 0 Å². The first kappa shape index (κ1) is 64.5. The Morgan fingerprint density at radius 2 is 0.523 bits per heavy atom. The summed E-state index contributed by atoms with van der Waals surface area (Å²) >= 11 is 0. The molecule has 0 saturated heterocycles. The van der Waals surface area contributed by atoms with Crippen LogP contribution in [0.5, 0.6) is 0 Å². The molecule has 7 heteroatoms. The Bertz CT molecular complexity index is 6560. The van der Waals surface area contributed by atoms with Gasteiger partial charge in [-0.2, -0.15) is 0 Å². The van der Waals surface area contributed by atoms with E-state index in [4.69, 9.17) is 0 Å². The first-order chi connectivity index (χ1) is 53.0. The molecule has 19 aromatic rings. The highest BCUT2D eigenvalue weighted by Gasteiger charge is 2.46. The Balaban J connectivity index is 0.886. The van der Waals surface area contributed by atoms with Crippen LogP contribution in [0, 0.1) is 0 Å². The lowest BCUT2D eigenvalue weighted by Crippen LogP contribution is -2.61. The van der Waals surface area contributed by atoms with Gasteiger partial charge in [-0.3, -0.25) is 0 Å². The summed E-state index contributed by atoms with van der Waals surface area (Å²) in [6.45, 7) is 21.0. The molecule has 0 spiro atoms. The molecule has 6 nitrogen and oxygen atoms in total. The normalized spacial score (nSPS) is 13.1. The van der Waals surface area contributed by atoms with Crippen LogP contribution >= 0.6 is 0 Å². The Labute approximate surface area is 636 Å². The topological polar surface area (TPSA) is 26.2 Å². The average Bonchev–Trinajstić information content (AvgIpc) is 1.11. The van der Waals surface area contributed by atoms with Crippen LogP contribution < -0.4 is 26.2 Å². The van der Waals surface area contributed by atoms with Crippen LogP contribution in [0.3, 0.4) is 0 Å². The average molecular weight is 1400 g/mol. The lowest BCUT2D eigenvalue weighted by Gasteiger charge is -2.46. The first-order valence-corrected chi connectivity index (χ1v) is 38.5. The van der Waals surface area contributed by atoms with Crippen molar-refractivity contribution >= 4 is 144 Å². The van der Waals surface area contributed by atoms with E-state index in [2.05, 4.69) is 418 Å². The zero-order valence-electron chi connectivity index (χ0n) is 62.9. The Kier molecular flexibility index (Phi) is 14.1. The molecule has 0 N–H and O–H groups in total. The lowest BCUT2D eigenvalue weighted by molar-refractivity contribution is 0.590. The summed E-state index contributed by atoms with van der Waals surface area (Å²) in [6.07, 6.45) is 0. The molecule has 0 fully saturated rings. The molecule has 109 heavy (non-hydrogen) atoms. The van der Waals surface area contributed by atoms with Gasteiger partial charge in [0.05, 0.1) is 55.5 Å². The fraction of sp³-hybridized carbons (Fsp3) is 0.118. The van der Waals surface area contributed by atoms with Crippen molar-refractivity contribution in [2.45, 2.75) is 78.6 Å². The first-order valence-electron chi connectivity index (χ1n) is 38.5. The van der Waals surface area contributed by atoms with Gasteiger partial charge in [-0.05, 0) is 194 Å². The van der Waals surface area contributed by atoms with Crippen molar-refractivity contribution in [3.63, 3.8) is 0 Å². The van der Waals surface area contributed by atoms with E-state index in [1.807, 2.05) is 0 Å². The minimum atomic E-state index is -0.299.